The van der Waals surface area contributed by atoms with Crippen LogP contribution in [0.1, 0.15) is 37.0 Å². The van der Waals surface area contributed by atoms with Crippen LogP contribution in [0.3, 0.4) is 0 Å². The zero-order valence-electron chi connectivity index (χ0n) is 10.4. The van der Waals surface area contributed by atoms with Crippen LogP contribution in [0.25, 0.3) is 0 Å². The van der Waals surface area contributed by atoms with Crippen LogP contribution in [0, 0.1) is 5.41 Å². The van der Waals surface area contributed by atoms with Gasteiger partial charge < -0.3 is 4.74 Å². The first-order chi connectivity index (χ1) is 8.38. The van der Waals surface area contributed by atoms with E-state index in [2.05, 4.69) is 15.9 Å². The molecule has 1 aliphatic rings. The standard InChI is InChI=1S/C14H15BrO3/c1-14(2)8-13(17)18-12(14)7-11(16)9-3-5-10(15)6-4-9/h3-6,12H,7-8H2,1-2H3. The van der Waals surface area contributed by atoms with Crippen molar-refractivity contribution in [3.63, 3.8) is 0 Å². The van der Waals surface area contributed by atoms with Gasteiger partial charge in [0, 0.05) is 21.9 Å². The number of rotatable bonds is 3. The Kier molecular flexibility index (Phi) is 3.57. The molecule has 1 saturated heterocycles. The Morgan fingerprint density at radius 2 is 2.00 bits per heavy atom. The van der Waals surface area contributed by atoms with Crippen LogP contribution in [-0.4, -0.2) is 17.9 Å². The van der Waals surface area contributed by atoms with Crippen molar-refractivity contribution in [3.05, 3.63) is 34.3 Å². The van der Waals surface area contributed by atoms with E-state index in [0.717, 1.165) is 4.47 Å². The Bertz CT molecular complexity index is 476. The maximum absolute atomic E-state index is 12.1. The summed E-state index contributed by atoms with van der Waals surface area (Å²) >= 11 is 3.33. The fourth-order valence-electron chi connectivity index (χ4n) is 2.09. The molecule has 0 saturated carbocycles. The molecule has 1 heterocycles. The molecule has 0 aromatic heterocycles. The molecule has 1 aromatic carbocycles. The highest BCUT2D eigenvalue weighted by molar-refractivity contribution is 9.10. The SMILES string of the molecule is CC1(C)CC(=O)OC1CC(=O)c1ccc(Br)cc1. The number of hydrogen-bond acceptors (Lipinski definition) is 3. The summed E-state index contributed by atoms with van der Waals surface area (Å²) in [5, 5.41) is 0. The third kappa shape index (κ3) is 2.80. The maximum Gasteiger partial charge on any atom is 0.306 e. The number of esters is 1. The van der Waals surface area contributed by atoms with Crippen LogP contribution in [-0.2, 0) is 9.53 Å². The molecule has 3 nitrogen and oxygen atoms in total. The summed E-state index contributed by atoms with van der Waals surface area (Å²) in [5.74, 6) is -0.205. The zero-order chi connectivity index (χ0) is 13.3. The maximum atomic E-state index is 12.1. The Hall–Kier alpha value is -1.16. The minimum atomic E-state index is -0.318. The highest BCUT2D eigenvalue weighted by Crippen LogP contribution is 2.37. The number of cyclic esters (lactones) is 1. The van der Waals surface area contributed by atoms with Crippen molar-refractivity contribution in [2.45, 2.75) is 32.8 Å². The van der Waals surface area contributed by atoms with Gasteiger partial charge in [-0.25, -0.2) is 0 Å². The van der Waals surface area contributed by atoms with Gasteiger partial charge in [-0.05, 0) is 12.1 Å². The Balaban J connectivity index is 2.08. The zero-order valence-corrected chi connectivity index (χ0v) is 12.0. The van der Waals surface area contributed by atoms with Crippen molar-refractivity contribution in [1.29, 1.82) is 0 Å². The minimum Gasteiger partial charge on any atom is -0.461 e. The molecule has 0 bridgehead atoms. The van der Waals surface area contributed by atoms with Crippen LogP contribution >= 0.6 is 15.9 Å². The quantitative estimate of drug-likeness (QED) is 0.635. The molecule has 0 N–H and O–H groups in total. The lowest BCUT2D eigenvalue weighted by molar-refractivity contribution is -0.141. The predicted octanol–water partition coefficient (Wildman–Crippen LogP) is 3.36. The average molecular weight is 311 g/mol. The monoisotopic (exact) mass is 310 g/mol. The van der Waals surface area contributed by atoms with Gasteiger partial charge in [0.05, 0.1) is 6.42 Å². The summed E-state index contributed by atoms with van der Waals surface area (Å²) in [6, 6.07) is 7.21. The largest absolute Gasteiger partial charge is 0.461 e. The molecule has 1 unspecified atom stereocenters. The Morgan fingerprint density at radius 1 is 1.39 bits per heavy atom. The Labute approximate surface area is 115 Å². The molecule has 1 aliphatic heterocycles. The molecule has 96 valence electrons. The second kappa shape index (κ2) is 4.84. The van der Waals surface area contributed by atoms with Gasteiger partial charge >= 0.3 is 5.97 Å². The van der Waals surface area contributed by atoms with E-state index in [-0.39, 0.29) is 29.7 Å². The molecule has 0 amide bonds. The topological polar surface area (TPSA) is 43.4 Å². The first-order valence-electron chi connectivity index (χ1n) is 5.87. The highest BCUT2D eigenvalue weighted by Gasteiger charge is 2.42. The first-order valence-corrected chi connectivity index (χ1v) is 6.66. The summed E-state index contributed by atoms with van der Waals surface area (Å²) in [4.78, 5) is 23.4. The van der Waals surface area contributed by atoms with Gasteiger partial charge in [0.1, 0.15) is 6.10 Å². The van der Waals surface area contributed by atoms with Crippen LogP contribution in [0.2, 0.25) is 0 Å². The van der Waals surface area contributed by atoms with E-state index in [1.54, 1.807) is 12.1 Å². The molecule has 0 aliphatic carbocycles. The van der Waals surface area contributed by atoms with E-state index < -0.39 is 0 Å². The smallest absolute Gasteiger partial charge is 0.306 e. The van der Waals surface area contributed by atoms with Gasteiger partial charge in [-0.1, -0.05) is 41.9 Å². The second-order valence-electron chi connectivity index (χ2n) is 5.28. The fourth-order valence-corrected chi connectivity index (χ4v) is 2.35. The summed E-state index contributed by atoms with van der Waals surface area (Å²) < 4.78 is 6.16. The van der Waals surface area contributed by atoms with Crippen molar-refractivity contribution in [2.75, 3.05) is 0 Å². The lowest BCUT2D eigenvalue weighted by atomic mass is 9.82. The third-order valence-electron chi connectivity index (χ3n) is 3.28. The third-order valence-corrected chi connectivity index (χ3v) is 3.81. The number of benzene rings is 1. The first kappa shape index (κ1) is 13.3. The van der Waals surface area contributed by atoms with E-state index in [1.165, 1.54) is 0 Å². The number of halogens is 1. The highest BCUT2D eigenvalue weighted by atomic mass is 79.9. The van der Waals surface area contributed by atoms with Gasteiger partial charge in [0.15, 0.2) is 5.78 Å². The number of carbonyl (C=O) groups excluding carboxylic acids is 2. The number of Topliss-reactive ketones (excluding diaryl/α,β-unsaturated/α-hetero) is 1. The fraction of sp³-hybridized carbons (Fsp3) is 0.429. The van der Waals surface area contributed by atoms with Gasteiger partial charge in [-0.2, -0.15) is 0 Å². The van der Waals surface area contributed by atoms with Crippen molar-refractivity contribution in [3.8, 4) is 0 Å². The lowest BCUT2D eigenvalue weighted by Crippen LogP contribution is -2.27. The van der Waals surface area contributed by atoms with E-state index in [0.29, 0.717) is 12.0 Å². The van der Waals surface area contributed by atoms with E-state index in [9.17, 15) is 9.59 Å². The van der Waals surface area contributed by atoms with Crippen molar-refractivity contribution in [2.24, 2.45) is 5.41 Å². The predicted molar refractivity (Wildman–Crippen MR) is 71.4 cm³/mol. The molecule has 1 aromatic rings. The van der Waals surface area contributed by atoms with Crippen molar-refractivity contribution in [1.82, 2.24) is 0 Å². The number of ketones is 1. The summed E-state index contributed by atoms with van der Waals surface area (Å²) in [7, 11) is 0. The molecule has 0 radical (unpaired) electrons. The van der Waals surface area contributed by atoms with Crippen LogP contribution in [0.5, 0.6) is 0 Å². The van der Waals surface area contributed by atoms with E-state index in [1.807, 2.05) is 26.0 Å². The van der Waals surface area contributed by atoms with Crippen LogP contribution in [0.4, 0.5) is 0 Å². The normalized spacial score (nSPS) is 21.7. The molecular formula is C14H15BrO3. The van der Waals surface area contributed by atoms with Gasteiger partial charge in [0.2, 0.25) is 0 Å². The molecule has 4 heteroatoms. The number of hydrogen-bond donors (Lipinski definition) is 0. The number of carbonyl (C=O) groups is 2. The van der Waals surface area contributed by atoms with Gasteiger partial charge in [-0.15, -0.1) is 0 Å². The van der Waals surface area contributed by atoms with E-state index in [4.69, 9.17) is 4.74 Å². The summed E-state index contributed by atoms with van der Waals surface area (Å²) in [5.41, 5.74) is 0.388. The summed E-state index contributed by atoms with van der Waals surface area (Å²) in [6.45, 7) is 3.91. The molecule has 18 heavy (non-hydrogen) atoms. The van der Waals surface area contributed by atoms with Crippen molar-refractivity contribution >= 4 is 27.7 Å². The molecule has 1 fully saturated rings. The van der Waals surface area contributed by atoms with Gasteiger partial charge in [0.25, 0.3) is 0 Å². The molecular weight excluding hydrogens is 296 g/mol. The van der Waals surface area contributed by atoms with Gasteiger partial charge in [-0.3, -0.25) is 9.59 Å². The lowest BCUT2D eigenvalue weighted by Gasteiger charge is -2.22. The average Bonchev–Trinajstić information content (AvgIpc) is 2.52. The van der Waals surface area contributed by atoms with E-state index >= 15 is 0 Å². The molecule has 1 atom stereocenters. The van der Waals surface area contributed by atoms with Crippen molar-refractivity contribution < 1.29 is 14.3 Å². The van der Waals surface area contributed by atoms with Crippen LogP contribution < -0.4 is 0 Å². The van der Waals surface area contributed by atoms with Crippen LogP contribution in [0.15, 0.2) is 28.7 Å². The number of ether oxygens (including phenoxy) is 1. The molecule has 0 spiro atoms. The second-order valence-corrected chi connectivity index (χ2v) is 6.19. The minimum absolute atomic E-state index is 0.00951. The summed E-state index contributed by atoms with van der Waals surface area (Å²) in [6.07, 6.45) is 0.312. The molecule has 2 rings (SSSR count). The Morgan fingerprint density at radius 3 is 2.50 bits per heavy atom.